The van der Waals surface area contributed by atoms with Crippen LogP contribution < -0.4 is 5.32 Å². The van der Waals surface area contributed by atoms with Crippen molar-refractivity contribution < 1.29 is 4.74 Å². The molecule has 19 heavy (non-hydrogen) atoms. The minimum absolute atomic E-state index is 0.329. The molecule has 0 aromatic rings. The Morgan fingerprint density at radius 1 is 1.32 bits per heavy atom. The summed E-state index contributed by atoms with van der Waals surface area (Å²) in [4.78, 5) is 2.71. The molecule has 1 saturated heterocycles. The average Bonchev–Trinajstić information content (AvgIpc) is 3.15. The molecule has 2 aliphatic rings. The van der Waals surface area contributed by atoms with Crippen molar-refractivity contribution in [2.24, 2.45) is 11.8 Å². The third-order valence-electron chi connectivity index (χ3n) is 4.92. The van der Waals surface area contributed by atoms with E-state index >= 15 is 0 Å². The van der Waals surface area contributed by atoms with Crippen molar-refractivity contribution in [3.8, 4) is 0 Å². The fourth-order valence-electron chi connectivity index (χ4n) is 3.64. The molecule has 3 heteroatoms. The summed E-state index contributed by atoms with van der Waals surface area (Å²) in [5, 5.41) is 3.86. The Morgan fingerprint density at radius 3 is 2.53 bits per heavy atom. The second-order valence-corrected chi connectivity index (χ2v) is 7.33. The van der Waals surface area contributed by atoms with E-state index in [0.29, 0.717) is 17.6 Å². The average molecular weight is 268 g/mol. The zero-order valence-corrected chi connectivity index (χ0v) is 13.4. The molecule has 3 nitrogen and oxygen atoms in total. The normalized spacial score (nSPS) is 34.7. The number of ether oxygens (including phenoxy) is 1. The highest BCUT2D eigenvalue weighted by Gasteiger charge is 2.46. The largest absolute Gasteiger partial charge is 0.383 e. The number of nitrogens with zero attached hydrogens (tertiary/aromatic N) is 1. The number of rotatable bonds is 6. The van der Waals surface area contributed by atoms with Crippen molar-refractivity contribution in [2.45, 2.75) is 64.6 Å². The van der Waals surface area contributed by atoms with Crippen LogP contribution in [-0.2, 0) is 4.74 Å². The maximum atomic E-state index is 5.39. The first-order valence-corrected chi connectivity index (χ1v) is 7.96. The van der Waals surface area contributed by atoms with Crippen LogP contribution in [0.15, 0.2) is 0 Å². The Kier molecular flexibility index (Phi) is 4.91. The molecule has 0 amide bonds. The van der Waals surface area contributed by atoms with E-state index in [1.165, 1.54) is 25.8 Å². The van der Waals surface area contributed by atoms with Crippen molar-refractivity contribution in [2.75, 3.05) is 26.8 Å². The molecule has 3 atom stereocenters. The molecule has 112 valence electrons. The molecule has 3 unspecified atom stereocenters. The highest BCUT2D eigenvalue weighted by molar-refractivity contribution is 5.04. The summed E-state index contributed by atoms with van der Waals surface area (Å²) in [5.41, 5.74) is 0.329. The first kappa shape index (κ1) is 15.3. The SMILES string of the molecule is COCC(C)N1CC(C)(C2CC2)NCC1CC(C)C. The van der Waals surface area contributed by atoms with Gasteiger partial charge in [0.05, 0.1) is 6.61 Å². The summed E-state index contributed by atoms with van der Waals surface area (Å²) in [6.45, 7) is 12.5. The molecule has 1 heterocycles. The summed E-state index contributed by atoms with van der Waals surface area (Å²) in [6, 6.07) is 1.19. The summed E-state index contributed by atoms with van der Waals surface area (Å²) >= 11 is 0. The maximum Gasteiger partial charge on any atom is 0.0615 e. The summed E-state index contributed by atoms with van der Waals surface area (Å²) in [5.74, 6) is 1.65. The van der Waals surface area contributed by atoms with Gasteiger partial charge in [0.1, 0.15) is 0 Å². The molecule has 2 fully saturated rings. The molecule has 1 aliphatic carbocycles. The lowest BCUT2D eigenvalue weighted by Gasteiger charge is -2.49. The quantitative estimate of drug-likeness (QED) is 0.801. The Morgan fingerprint density at radius 2 is 2.00 bits per heavy atom. The molecule has 1 aliphatic heterocycles. The fraction of sp³-hybridized carbons (Fsp3) is 1.00. The number of hydrogen-bond donors (Lipinski definition) is 1. The van der Waals surface area contributed by atoms with E-state index < -0.39 is 0 Å². The molecule has 1 saturated carbocycles. The number of methoxy groups -OCH3 is 1. The summed E-state index contributed by atoms with van der Waals surface area (Å²) < 4.78 is 5.39. The van der Waals surface area contributed by atoms with E-state index in [-0.39, 0.29) is 0 Å². The molecular formula is C16H32N2O. The summed E-state index contributed by atoms with van der Waals surface area (Å²) in [7, 11) is 1.82. The molecule has 0 aromatic carbocycles. The van der Waals surface area contributed by atoms with Gasteiger partial charge in [0.2, 0.25) is 0 Å². The van der Waals surface area contributed by atoms with Gasteiger partial charge in [-0.1, -0.05) is 13.8 Å². The van der Waals surface area contributed by atoms with Gasteiger partial charge in [0.25, 0.3) is 0 Å². The van der Waals surface area contributed by atoms with Crippen molar-refractivity contribution >= 4 is 0 Å². The molecule has 0 spiro atoms. The smallest absolute Gasteiger partial charge is 0.0615 e. The van der Waals surface area contributed by atoms with E-state index in [4.69, 9.17) is 4.74 Å². The van der Waals surface area contributed by atoms with Crippen molar-refractivity contribution in [1.82, 2.24) is 10.2 Å². The lowest BCUT2D eigenvalue weighted by Crippen LogP contribution is -2.66. The van der Waals surface area contributed by atoms with Gasteiger partial charge in [0.15, 0.2) is 0 Å². The zero-order chi connectivity index (χ0) is 14.0. The number of piperazine rings is 1. The van der Waals surface area contributed by atoms with Crippen LogP contribution in [0.1, 0.15) is 47.0 Å². The molecular weight excluding hydrogens is 236 g/mol. The van der Waals surface area contributed by atoms with Gasteiger partial charge in [-0.25, -0.2) is 0 Å². The van der Waals surface area contributed by atoms with Gasteiger partial charge >= 0.3 is 0 Å². The van der Waals surface area contributed by atoms with Crippen LogP contribution in [0.4, 0.5) is 0 Å². The van der Waals surface area contributed by atoms with Gasteiger partial charge in [-0.2, -0.15) is 0 Å². The molecule has 0 radical (unpaired) electrons. The van der Waals surface area contributed by atoms with Crippen LogP contribution >= 0.6 is 0 Å². The second kappa shape index (κ2) is 6.11. The lowest BCUT2D eigenvalue weighted by atomic mass is 9.88. The van der Waals surface area contributed by atoms with Crippen LogP contribution in [0.2, 0.25) is 0 Å². The van der Waals surface area contributed by atoms with Crippen molar-refractivity contribution in [3.05, 3.63) is 0 Å². The van der Waals surface area contributed by atoms with Crippen LogP contribution in [0.5, 0.6) is 0 Å². The van der Waals surface area contributed by atoms with E-state index in [1.807, 2.05) is 7.11 Å². The minimum atomic E-state index is 0.329. The van der Waals surface area contributed by atoms with Gasteiger partial charge in [-0.15, -0.1) is 0 Å². The topological polar surface area (TPSA) is 24.5 Å². The Hall–Kier alpha value is -0.120. The molecule has 0 aromatic heterocycles. The highest BCUT2D eigenvalue weighted by atomic mass is 16.5. The third kappa shape index (κ3) is 3.71. The van der Waals surface area contributed by atoms with E-state index in [1.54, 1.807) is 0 Å². The number of nitrogens with one attached hydrogen (secondary N) is 1. The van der Waals surface area contributed by atoms with Crippen LogP contribution in [0, 0.1) is 11.8 Å². The van der Waals surface area contributed by atoms with Crippen LogP contribution in [0.3, 0.4) is 0 Å². The van der Waals surface area contributed by atoms with Crippen LogP contribution in [0.25, 0.3) is 0 Å². The summed E-state index contributed by atoms with van der Waals surface area (Å²) in [6.07, 6.45) is 4.09. The predicted molar refractivity (Wildman–Crippen MR) is 80.4 cm³/mol. The lowest BCUT2D eigenvalue weighted by molar-refractivity contribution is 0.00618. The third-order valence-corrected chi connectivity index (χ3v) is 4.92. The zero-order valence-electron chi connectivity index (χ0n) is 13.4. The first-order chi connectivity index (χ1) is 8.96. The van der Waals surface area contributed by atoms with Gasteiger partial charge < -0.3 is 10.1 Å². The Labute approximate surface area is 119 Å². The predicted octanol–water partition coefficient (Wildman–Crippen LogP) is 2.51. The molecule has 0 bridgehead atoms. The monoisotopic (exact) mass is 268 g/mol. The standard InChI is InChI=1S/C16H32N2O/c1-12(2)8-15-9-17-16(4,14-6-7-14)11-18(15)13(3)10-19-5/h12-15,17H,6-11H2,1-5H3. The van der Waals surface area contributed by atoms with E-state index in [9.17, 15) is 0 Å². The first-order valence-electron chi connectivity index (χ1n) is 7.96. The van der Waals surface area contributed by atoms with Crippen LogP contribution in [-0.4, -0.2) is 49.3 Å². The maximum absolute atomic E-state index is 5.39. The van der Waals surface area contributed by atoms with Gasteiger partial charge in [-0.3, -0.25) is 4.90 Å². The van der Waals surface area contributed by atoms with Gasteiger partial charge in [-0.05, 0) is 44.9 Å². The van der Waals surface area contributed by atoms with Crippen molar-refractivity contribution in [1.29, 1.82) is 0 Å². The Balaban J connectivity index is 2.04. The Bertz CT molecular complexity index is 290. The minimum Gasteiger partial charge on any atom is -0.383 e. The van der Waals surface area contributed by atoms with Crippen molar-refractivity contribution in [3.63, 3.8) is 0 Å². The molecule has 1 N–H and O–H groups in total. The van der Waals surface area contributed by atoms with Gasteiger partial charge in [0, 0.05) is 37.8 Å². The second-order valence-electron chi connectivity index (χ2n) is 7.33. The highest BCUT2D eigenvalue weighted by Crippen LogP contribution is 2.42. The van der Waals surface area contributed by atoms with E-state index in [0.717, 1.165) is 25.0 Å². The van der Waals surface area contributed by atoms with E-state index in [2.05, 4.69) is 37.9 Å². The number of hydrogen-bond acceptors (Lipinski definition) is 3. The molecule has 2 rings (SSSR count). The fourth-order valence-corrected chi connectivity index (χ4v) is 3.64.